The first kappa shape index (κ1) is 16.2. The van der Waals surface area contributed by atoms with E-state index < -0.39 is 17.4 Å². The minimum Gasteiger partial charge on any atom is -0.480 e. The van der Waals surface area contributed by atoms with Gasteiger partial charge in [0.15, 0.2) is 0 Å². The Hall–Kier alpha value is -1.14. The molecule has 1 aliphatic carbocycles. The molecule has 1 amide bonds. The maximum Gasteiger partial charge on any atom is 0.326 e. The molecular formula is C15H26N2O4. The van der Waals surface area contributed by atoms with Gasteiger partial charge in [-0.05, 0) is 12.8 Å². The molecule has 21 heavy (non-hydrogen) atoms. The SMILES string of the molecule is COC1CC(C(=O)O)N(C(=O)C2(CN)CCCCCC2)C1. The molecule has 1 saturated carbocycles. The summed E-state index contributed by atoms with van der Waals surface area (Å²) in [7, 11) is 1.56. The zero-order valence-electron chi connectivity index (χ0n) is 12.7. The highest BCUT2D eigenvalue weighted by molar-refractivity contribution is 5.88. The highest BCUT2D eigenvalue weighted by Crippen LogP contribution is 2.38. The molecule has 0 aromatic heterocycles. The maximum atomic E-state index is 13.0. The van der Waals surface area contributed by atoms with Crippen LogP contribution < -0.4 is 5.73 Å². The molecule has 2 fully saturated rings. The van der Waals surface area contributed by atoms with Gasteiger partial charge in [0.2, 0.25) is 5.91 Å². The quantitative estimate of drug-likeness (QED) is 0.755. The number of nitrogens with zero attached hydrogens (tertiary/aromatic N) is 1. The number of likely N-dealkylation sites (tertiary alicyclic amines) is 1. The summed E-state index contributed by atoms with van der Waals surface area (Å²) < 4.78 is 5.26. The molecule has 0 aromatic rings. The van der Waals surface area contributed by atoms with Crippen molar-refractivity contribution in [2.75, 3.05) is 20.2 Å². The zero-order valence-corrected chi connectivity index (χ0v) is 12.7. The average Bonchev–Trinajstić information content (AvgIpc) is 2.77. The number of rotatable bonds is 4. The Bertz CT molecular complexity index is 391. The van der Waals surface area contributed by atoms with Gasteiger partial charge in [-0.2, -0.15) is 0 Å². The van der Waals surface area contributed by atoms with Gasteiger partial charge < -0.3 is 20.5 Å². The monoisotopic (exact) mass is 298 g/mol. The second kappa shape index (κ2) is 6.75. The van der Waals surface area contributed by atoms with Crippen molar-refractivity contribution in [3.05, 3.63) is 0 Å². The molecule has 0 radical (unpaired) electrons. The fourth-order valence-electron chi connectivity index (χ4n) is 3.64. The number of carbonyl (C=O) groups excluding carboxylic acids is 1. The fourth-order valence-corrected chi connectivity index (χ4v) is 3.64. The molecule has 6 nitrogen and oxygen atoms in total. The van der Waals surface area contributed by atoms with Crippen LogP contribution in [-0.2, 0) is 14.3 Å². The first-order chi connectivity index (χ1) is 10.0. The van der Waals surface area contributed by atoms with Gasteiger partial charge in [0.1, 0.15) is 6.04 Å². The number of carbonyl (C=O) groups is 2. The van der Waals surface area contributed by atoms with Gasteiger partial charge in [-0.15, -0.1) is 0 Å². The van der Waals surface area contributed by atoms with Gasteiger partial charge in [-0.1, -0.05) is 25.7 Å². The molecular weight excluding hydrogens is 272 g/mol. The Morgan fingerprint density at radius 2 is 1.90 bits per heavy atom. The Morgan fingerprint density at radius 3 is 2.38 bits per heavy atom. The number of hydrogen-bond acceptors (Lipinski definition) is 4. The van der Waals surface area contributed by atoms with Gasteiger partial charge in [-0.3, -0.25) is 4.79 Å². The van der Waals surface area contributed by atoms with Crippen LogP contribution in [0.2, 0.25) is 0 Å². The summed E-state index contributed by atoms with van der Waals surface area (Å²) in [5, 5.41) is 9.38. The standard InChI is InChI=1S/C15H26N2O4/c1-21-11-8-12(13(18)19)17(9-11)14(20)15(10-16)6-4-2-3-5-7-15/h11-12H,2-10,16H2,1H3,(H,18,19). The average molecular weight is 298 g/mol. The van der Waals surface area contributed by atoms with Crippen molar-refractivity contribution in [1.29, 1.82) is 0 Å². The van der Waals surface area contributed by atoms with E-state index in [2.05, 4.69) is 0 Å². The molecule has 2 unspecified atom stereocenters. The van der Waals surface area contributed by atoms with Gasteiger partial charge in [0.05, 0.1) is 11.5 Å². The van der Waals surface area contributed by atoms with Crippen molar-refractivity contribution >= 4 is 11.9 Å². The highest BCUT2D eigenvalue weighted by Gasteiger charge is 2.47. The second-order valence-electron chi connectivity index (χ2n) is 6.30. The lowest BCUT2D eigenvalue weighted by Crippen LogP contribution is -2.51. The predicted molar refractivity (Wildman–Crippen MR) is 77.7 cm³/mol. The summed E-state index contributed by atoms with van der Waals surface area (Å²) in [5.74, 6) is -1.04. The predicted octanol–water partition coefficient (Wildman–Crippen LogP) is 0.986. The Morgan fingerprint density at radius 1 is 1.29 bits per heavy atom. The van der Waals surface area contributed by atoms with Gasteiger partial charge >= 0.3 is 5.97 Å². The Balaban J connectivity index is 2.20. The minimum absolute atomic E-state index is 0.0844. The third kappa shape index (κ3) is 3.21. The second-order valence-corrected chi connectivity index (χ2v) is 6.30. The van der Waals surface area contributed by atoms with E-state index >= 15 is 0 Å². The number of carboxylic acids is 1. The van der Waals surface area contributed by atoms with Crippen molar-refractivity contribution in [2.45, 2.75) is 57.1 Å². The molecule has 0 bridgehead atoms. The lowest BCUT2D eigenvalue weighted by atomic mass is 9.79. The van der Waals surface area contributed by atoms with Crippen LogP contribution in [0.4, 0.5) is 0 Å². The minimum atomic E-state index is -0.955. The van der Waals surface area contributed by atoms with E-state index in [0.29, 0.717) is 19.5 Å². The van der Waals surface area contributed by atoms with E-state index in [1.54, 1.807) is 7.11 Å². The third-order valence-corrected chi connectivity index (χ3v) is 5.05. The lowest BCUT2D eigenvalue weighted by Gasteiger charge is -2.35. The number of methoxy groups -OCH3 is 1. The fraction of sp³-hybridized carbons (Fsp3) is 0.867. The van der Waals surface area contributed by atoms with Crippen molar-refractivity contribution in [1.82, 2.24) is 4.90 Å². The number of hydrogen-bond donors (Lipinski definition) is 2. The molecule has 1 saturated heterocycles. The molecule has 120 valence electrons. The molecule has 1 aliphatic heterocycles. The van der Waals surface area contributed by atoms with Crippen LogP contribution in [0, 0.1) is 5.41 Å². The largest absolute Gasteiger partial charge is 0.480 e. The number of carboxylic acid groups (broad SMARTS) is 1. The first-order valence-corrected chi connectivity index (χ1v) is 7.81. The van der Waals surface area contributed by atoms with Gasteiger partial charge in [0, 0.05) is 26.6 Å². The highest BCUT2D eigenvalue weighted by atomic mass is 16.5. The van der Waals surface area contributed by atoms with Crippen LogP contribution >= 0.6 is 0 Å². The van der Waals surface area contributed by atoms with E-state index in [0.717, 1.165) is 38.5 Å². The molecule has 0 spiro atoms. The summed E-state index contributed by atoms with van der Waals surface area (Å²) >= 11 is 0. The Kier molecular flexibility index (Phi) is 5.22. The van der Waals surface area contributed by atoms with E-state index in [9.17, 15) is 14.7 Å². The number of amides is 1. The summed E-state index contributed by atoms with van der Waals surface area (Å²) in [6.45, 7) is 0.653. The lowest BCUT2D eigenvalue weighted by molar-refractivity contribution is -0.153. The Labute approximate surface area is 125 Å². The normalized spacial score (nSPS) is 29.1. The molecule has 1 heterocycles. The van der Waals surface area contributed by atoms with Crippen molar-refractivity contribution in [3.8, 4) is 0 Å². The van der Waals surface area contributed by atoms with Crippen molar-refractivity contribution < 1.29 is 19.4 Å². The molecule has 2 aliphatic rings. The number of ether oxygens (including phenoxy) is 1. The van der Waals surface area contributed by atoms with Gasteiger partial charge in [-0.25, -0.2) is 4.79 Å². The van der Waals surface area contributed by atoms with Crippen molar-refractivity contribution in [2.24, 2.45) is 11.1 Å². The summed E-state index contributed by atoms with van der Waals surface area (Å²) in [6, 6.07) is -0.783. The first-order valence-electron chi connectivity index (χ1n) is 7.81. The van der Waals surface area contributed by atoms with Crippen LogP contribution in [0.5, 0.6) is 0 Å². The third-order valence-electron chi connectivity index (χ3n) is 5.05. The van der Waals surface area contributed by atoms with E-state index in [-0.39, 0.29) is 12.0 Å². The van der Waals surface area contributed by atoms with Crippen LogP contribution in [-0.4, -0.2) is 54.2 Å². The zero-order chi connectivity index (χ0) is 15.5. The van der Waals surface area contributed by atoms with Crippen LogP contribution in [0.1, 0.15) is 44.9 Å². The molecule has 3 N–H and O–H groups in total. The maximum absolute atomic E-state index is 13.0. The molecule has 6 heteroatoms. The van der Waals surface area contributed by atoms with Crippen LogP contribution in [0.3, 0.4) is 0 Å². The van der Waals surface area contributed by atoms with Crippen LogP contribution in [0.25, 0.3) is 0 Å². The number of nitrogens with two attached hydrogens (primary N) is 1. The van der Waals surface area contributed by atoms with E-state index in [4.69, 9.17) is 10.5 Å². The molecule has 0 aromatic carbocycles. The summed E-state index contributed by atoms with van der Waals surface area (Å²) in [6.07, 6.45) is 5.92. The number of aliphatic carboxylic acids is 1. The molecule has 2 rings (SSSR count). The topological polar surface area (TPSA) is 92.9 Å². The van der Waals surface area contributed by atoms with Gasteiger partial charge in [0.25, 0.3) is 0 Å². The van der Waals surface area contributed by atoms with E-state index in [1.165, 1.54) is 4.90 Å². The van der Waals surface area contributed by atoms with Crippen molar-refractivity contribution in [3.63, 3.8) is 0 Å². The summed E-state index contributed by atoms with van der Waals surface area (Å²) in [5.41, 5.74) is 5.36. The summed E-state index contributed by atoms with van der Waals surface area (Å²) in [4.78, 5) is 25.9. The molecule has 2 atom stereocenters. The van der Waals surface area contributed by atoms with E-state index in [1.807, 2.05) is 0 Å². The smallest absolute Gasteiger partial charge is 0.326 e. The van der Waals surface area contributed by atoms with Crippen LogP contribution in [0.15, 0.2) is 0 Å².